The number of nitrogens with one attached hydrogen (secondary N) is 1. The Kier molecular flexibility index (Phi) is 8.45. The number of carbonyl (C=O) groups is 2. The summed E-state index contributed by atoms with van der Waals surface area (Å²) in [6, 6.07) is 11.4. The fourth-order valence-electron chi connectivity index (χ4n) is 3.61. The Morgan fingerprint density at radius 2 is 1.91 bits per heavy atom. The summed E-state index contributed by atoms with van der Waals surface area (Å²) in [6.07, 6.45) is 3.62. The molecule has 3 rings (SSSR count). The molecule has 0 bridgehead atoms. The van der Waals surface area contributed by atoms with Gasteiger partial charge in [-0.25, -0.2) is 0 Å². The maximum absolute atomic E-state index is 13.1. The standard InChI is InChI=1S/C25H28F2N2O5/c1-4-17(5-2)28-24(31)22-15-29(18-8-6-7-9-19(18)33-22)23(30)13-11-16-10-12-20(34-25(26)27)21(14-16)32-3/h6-14,17,22,25H,4-5,15H2,1-3H3,(H,28,31)/b13-11+. The van der Waals surface area contributed by atoms with Crippen LogP contribution in [0.2, 0.25) is 0 Å². The van der Waals surface area contributed by atoms with Crippen LogP contribution in [0.5, 0.6) is 17.2 Å². The van der Waals surface area contributed by atoms with Crippen molar-refractivity contribution in [3.63, 3.8) is 0 Å². The summed E-state index contributed by atoms with van der Waals surface area (Å²) in [5, 5.41) is 2.97. The Balaban J connectivity index is 1.80. The maximum Gasteiger partial charge on any atom is 0.387 e. The maximum atomic E-state index is 13.1. The average molecular weight is 475 g/mol. The molecule has 0 radical (unpaired) electrons. The molecule has 1 aliphatic heterocycles. The van der Waals surface area contributed by atoms with Gasteiger partial charge in [-0.3, -0.25) is 9.59 Å². The predicted molar refractivity (Wildman–Crippen MR) is 124 cm³/mol. The number of rotatable bonds is 9. The highest BCUT2D eigenvalue weighted by Crippen LogP contribution is 2.34. The second-order valence-corrected chi connectivity index (χ2v) is 7.67. The zero-order chi connectivity index (χ0) is 24.7. The van der Waals surface area contributed by atoms with Crippen molar-refractivity contribution in [3.05, 3.63) is 54.1 Å². The first-order valence-electron chi connectivity index (χ1n) is 11.0. The highest BCUT2D eigenvalue weighted by atomic mass is 19.3. The molecule has 1 atom stereocenters. The van der Waals surface area contributed by atoms with Gasteiger partial charge in [0.15, 0.2) is 17.6 Å². The number of amides is 2. The molecule has 2 amide bonds. The first-order chi connectivity index (χ1) is 16.4. The summed E-state index contributed by atoms with van der Waals surface area (Å²) in [7, 11) is 1.34. The van der Waals surface area contributed by atoms with Crippen LogP contribution in [0.15, 0.2) is 48.5 Å². The van der Waals surface area contributed by atoms with Crippen LogP contribution in [0.4, 0.5) is 14.5 Å². The van der Waals surface area contributed by atoms with E-state index >= 15 is 0 Å². The molecule has 182 valence electrons. The third-order valence-electron chi connectivity index (χ3n) is 5.49. The zero-order valence-electron chi connectivity index (χ0n) is 19.3. The van der Waals surface area contributed by atoms with Crippen molar-refractivity contribution in [2.24, 2.45) is 0 Å². The monoisotopic (exact) mass is 474 g/mol. The SMILES string of the molecule is CCC(CC)NC(=O)C1CN(C(=O)/C=C/c2ccc(OC(F)F)c(OC)c2)c2ccccc2O1. The number of hydrogen-bond acceptors (Lipinski definition) is 5. The van der Waals surface area contributed by atoms with E-state index in [1.165, 1.54) is 42.4 Å². The molecule has 0 aromatic heterocycles. The number of para-hydroxylation sites is 2. The first-order valence-corrected chi connectivity index (χ1v) is 11.0. The normalized spacial score (nSPS) is 15.3. The Morgan fingerprint density at radius 1 is 1.18 bits per heavy atom. The topological polar surface area (TPSA) is 77.1 Å². The number of nitrogens with zero attached hydrogens (tertiary/aromatic N) is 1. The molecule has 1 heterocycles. The third-order valence-corrected chi connectivity index (χ3v) is 5.49. The molecular formula is C25H28F2N2O5. The van der Waals surface area contributed by atoms with E-state index < -0.39 is 12.7 Å². The van der Waals surface area contributed by atoms with Crippen molar-refractivity contribution < 1.29 is 32.6 Å². The Morgan fingerprint density at radius 3 is 2.59 bits per heavy atom. The predicted octanol–water partition coefficient (Wildman–Crippen LogP) is 4.41. The van der Waals surface area contributed by atoms with E-state index in [9.17, 15) is 18.4 Å². The number of ether oxygens (including phenoxy) is 3. The lowest BCUT2D eigenvalue weighted by molar-refractivity contribution is -0.129. The number of hydrogen-bond donors (Lipinski definition) is 1. The van der Waals surface area contributed by atoms with Gasteiger partial charge in [0.05, 0.1) is 19.3 Å². The molecule has 0 aliphatic carbocycles. The van der Waals surface area contributed by atoms with Gasteiger partial charge in [0, 0.05) is 12.1 Å². The summed E-state index contributed by atoms with van der Waals surface area (Å²) < 4.78 is 40.5. The van der Waals surface area contributed by atoms with Crippen molar-refractivity contribution in [1.82, 2.24) is 5.32 Å². The van der Waals surface area contributed by atoms with Gasteiger partial charge < -0.3 is 24.4 Å². The fourth-order valence-corrected chi connectivity index (χ4v) is 3.61. The van der Waals surface area contributed by atoms with E-state index in [0.29, 0.717) is 17.0 Å². The largest absolute Gasteiger partial charge is 0.493 e. The van der Waals surface area contributed by atoms with Gasteiger partial charge in [-0.2, -0.15) is 8.78 Å². The second kappa shape index (κ2) is 11.5. The lowest BCUT2D eigenvalue weighted by atomic mass is 10.1. The molecule has 9 heteroatoms. The van der Waals surface area contributed by atoms with Crippen molar-refractivity contribution in [1.29, 1.82) is 0 Å². The Bertz CT molecular complexity index is 1040. The first kappa shape index (κ1) is 25.0. The van der Waals surface area contributed by atoms with Crippen LogP contribution in [-0.2, 0) is 9.59 Å². The van der Waals surface area contributed by atoms with Crippen LogP contribution in [-0.4, -0.2) is 44.2 Å². The number of benzene rings is 2. The van der Waals surface area contributed by atoms with Crippen LogP contribution in [0.3, 0.4) is 0 Å². The van der Waals surface area contributed by atoms with Crippen LogP contribution >= 0.6 is 0 Å². The van der Waals surface area contributed by atoms with Crippen LogP contribution in [0.1, 0.15) is 32.3 Å². The summed E-state index contributed by atoms with van der Waals surface area (Å²) in [5.41, 5.74) is 1.11. The fraction of sp³-hybridized carbons (Fsp3) is 0.360. The van der Waals surface area contributed by atoms with Crippen molar-refractivity contribution in [2.45, 2.75) is 45.4 Å². The smallest absolute Gasteiger partial charge is 0.387 e. The summed E-state index contributed by atoms with van der Waals surface area (Å²) in [5.74, 6) is -0.179. The van der Waals surface area contributed by atoms with Gasteiger partial charge in [0.2, 0.25) is 0 Å². The van der Waals surface area contributed by atoms with Gasteiger partial charge >= 0.3 is 6.61 Å². The quantitative estimate of drug-likeness (QED) is 0.545. The molecule has 0 saturated heterocycles. The van der Waals surface area contributed by atoms with E-state index in [1.807, 2.05) is 13.8 Å². The highest BCUT2D eigenvalue weighted by Gasteiger charge is 2.33. The number of fused-ring (bicyclic) bond motifs is 1. The summed E-state index contributed by atoms with van der Waals surface area (Å²) >= 11 is 0. The number of methoxy groups -OCH3 is 1. The number of anilines is 1. The Labute approximate surface area is 197 Å². The molecule has 0 spiro atoms. The Hall–Kier alpha value is -3.62. The second-order valence-electron chi connectivity index (χ2n) is 7.67. The summed E-state index contributed by atoms with van der Waals surface area (Å²) in [4.78, 5) is 27.4. The molecule has 34 heavy (non-hydrogen) atoms. The van der Waals surface area contributed by atoms with Gasteiger partial charge in [0.1, 0.15) is 5.75 Å². The van der Waals surface area contributed by atoms with E-state index in [4.69, 9.17) is 9.47 Å². The minimum absolute atomic E-state index is 0.0318. The molecule has 1 aliphatic rings. The van der Waals surface area contributed by atoms with E-state index in [2.05, 4.69) is 10.1 Å². The van der Waals surface area contributed by atoms with Crippen molar-refractivity contribution in [3.8, 4) is 17.2 Å². The van der Waals surface area contributed by atoms with Crippen LogP contribution in [0.25, 0.3) is 6.08 Å². The van der Waals surface area contributed by atoms with Gasteiger partial charge in [-0.15, -0.1) is 0 Å². The minimum atomic E-state index is -2.98. The van der Waals surface area contributed by atoms with Gasteiger partial charge in [0.25, 0.3) is 11.8 Å². The van der Waals surface area contributed by atoms with Crippen LogP contribution < -0.4 is 24.4 Å². The molecule has 0 fully saturated rings. The molecule has 1 unspecified atom stereocenters. The van der Waals surface area contributed by atoms with Crippen molar-refractivity contribution >= 4 is 23.6 Å². The third kappa shape index (κ3) is 6.03. The molecule has 0 saturated carbocycles. The number of halogens is 2. The van der Waals surface area contributed by atoms with E-state index in [0.717, 1.165) is 12.8 Å². The zero-order valence-corrected chi connectivity index (χ0v) is 19.3. The summed E-state index contributed by atoms with van der Waals surface area (Å²) in [6.45, 7) is 1.06. The number of carbonyl (C=O) groups excluding carboxylic acids is 2. The molecule has 1 N–H and O–H groups in total. The number of alkyl halides is 2. The van der Waals surface area contributed by atoms with E-state index in [-0.39, 0.29) is 35.9 Å². The van der Waals surface area contributed by atoms with Crippen LogP contribution in [0, 0.1) is 0 Å². The van der Waals surface area contributed by atoms with Gasteiger partial charge in [-0.05, 0) is 48.7 Å². The van der Waals surface area contributed by atoms with Gasteiger partial charge in [-0.1, -0.05) is 32.0 Å². The van der Waals surface area contributed by atoms with Crippen molar-refractivity contribution in [2.75, 3.05) is 18.6 Å². The minimum Gasteiger partial charge on any atom is -0.493 e. The lowest BCUT2D eigenvalue weighted by Crippen LogP contribution is -2.52. The molecule has 2 aromatic carbocycles. The van der Waals surface area contributed by atoms with E-state index in [1.54, 1.807) is 24.3 Å². The molecule has 7 nitrogen and oxygen atoms in total. The highest BCUT2D eigenvalue weighted by molar-refractivity contribution is 6.05. The lowest BCUT2D eigenvalue weighted by Gasteiger charge is -2.34. The molecular weight excluding hydrogens is 446 g/mol. The molecule has 2 aromatic rings. The average Bonchev–Trinajstić information content (AvgIpc) is 2.85.